The molecule has 3 N–H and O–H groups in total. The van der Waals surface area contributed by atoms with Crippen molar-refractivity contribution in [2.24, 2.45) is 17.6 Å². The molecular formula is C7H14ClNO2. The van der Waals surface area contributed by atoms with Crippen LogP contribution in [0.3, 0.4) is 0 Å². The van der Waals surface area contributed by atoms with Crippen molar-refractivity contribution in [1.29, 1.82) is 0 Å². The topological polar surface area (TPSA) is 63.3 Å². The van der Waals surface area contributed by atoms with Crippen molar-refractivity contribution in [2.45, 2.75) is 19.3 Å². The molecule has 66 valence electrons. The predicted octanol–water partition coefficient (Wildman–Crippen LogP) is 0.868. The minimum Gasteiger partial charge on any atom is -0.481 e. The molecule has 1 rings (SSSR count). The average Bonchev–Trinajstić information content (AvgIpc) is 2.33. The van der Waals surface area contributed by atoms with Gasteiger partial charge in [0, 0.05) is 0 Å². The van der Waals surface area contributed by atoms with E-state index in [9.17, 15) is 4.79 Å². The minimum absolute atomic E-state index is 0. The summed E-state index contributed by atoms with van der Waals surface area (Å²) < 4.78 is 0. The highest BCUT2D eigenvalue weighted by Gasteiger charge is 2.31. The average molecular weight is 180 g/mol. The zero-order valence-corrected chi connectivity index (χ0v) is 7.14. The molecule has 0 aromatic heterocycles. The number of carboxylic acid groups (broad SMARTS) is 1. The van der Waals surface area contributed by atoms with Crippen LogP contribution < -0.4 is 5.73 Å². The van der Waals surface area contributed by atoms with Crippen molar-refractivity contribution in [2.75, 3.05) is 6.54 Å². The molecule has 0 aliphatic heterocycles. The number of carboxylic acids is 1. The number of carbonyl (C=O) groups is 1. The molecule has 0 aromatic rings. The van der Waals surface area contributed by atoms with Crippen molar-refractivity contribution < 1.29 is 9.90 Å². The number of aliphatic carboxylic acids is 1. The summed E-state index contributed by atoms with van der Waals surface area (Å²) in [5, 5.41) is 8.66. The third-order valence-electron chi connectivity index (χ3n) is 2.28. The Morgan fingerprint density at radius 3 is 2.55 bits per heavy atom. The number of halogens is 1. The Morgan fingerprint density at radius 2 is 2.18 bits per heavy atom. The van der Waals surface area contributed by atoms with Crippen molar-refractivity contribution in [3.63, 3.8) is 0 Å². The molecule has 3 nitrogen and oxygen atoms in total. The Hall–Kier alpha value is -0.280. The van der Waals surface area contributed by atoms with E-state index in [1.807, 2.05) is 0 Å². The van der Waals surface area contributed by atoms with Crippen LogP contribution in [0.25, 0.3) is 0 Å². The van der Waals surface area contributed by atoms with E-state index in [1.165, 1.54) is 0 Å². The molecule has 0 aromatic carbocycles. The van der Waals surface area contributed by atoms with Gasteiger partial charge in [-0.25, -0.2) is 0 Å². The van der Waals surface area contributed by atoms with Gasteiger partial charge in [0.15, 0.2) is 0 Å². The lowest BCUT2D eigenvalue weighted by Gasteiger charge is -2.11. The van der Waals surface area contributed by atoms with E-state index in [2.05, 4.69) is 0 Å². The van der Waals surface area contributed by atoms with Crippen LogP contribution in [0, 0.1) is 11.8 Å². The summed E-state index contributed by atoms with van der Waals surface area (Å²) in [6.45, 7) is 0.525. The van der Waals surface area contributed by atoms with Gasteiger partial charge in [-0.2, -0.15) is 0 Å². The Bertz CT molecular complexity index is 140. The summed E-state index contributed by atoms with van der Waals surface area (Å²) in [5.74, 6) is -0.601. The Morgan fingerprint density at radius 1 is 1.55 bits per heavy atom. The Labute approximate surface area is 72.4 Å². The number of rotatable bonds is 2. The zero-order chi connectivity index (χ0) is 7.56. The SMILES string of the molecule is Cl.NCC1CCCC1C(=O)O. The standard InChI is InChI=1S/C7H13NO2.ClH/c8-4-5-2-1-3-6(5)7(9)10;/h5-6H,1-4,8H2,(H,9,10);1H. The summed E-state index contributed by atoms with van der Waals surface area (Å²) in [6, 6.07) is 0. The van der Waals surface area contributed by atoms with E-state index in [-0.39, 0.29) is 24.2 Å². The van der Waals surface area contributed by atoms with Crippen LogP contribution in [0.15, 0.2) is 0 Å². The van der Waals surface area contributed by atoms with Crippen LogP contribution in [0.1, 0.15) is 19.3 Å². The molecule has 0 radical (unpaired) electrons. The maximum absolute atomic E-state index is 10.5. The third kappa shape index (κ3) is 2.34. The summed E-state index contributed by atoms with van der Waals surface area (Å²) in [4.78, 5) is 10.5. The molecule has 2 unspecified atom stereocenters. The largest absolute Gasteiger partial charge is 0.481 e. The lowest BCUT2D eigenvalue weighted by molar-refractivity contribution is -0.142. The molecular weight excluding hydrogens is 166 g/mol. The van der Waals surface area contributed by atoms with E-state index in [0.29, 0.717) is 6.54 Å². The van der Waals surface area contributed by atoms with Gasteiger partial charge in [-0.15, -0.1) is 12.4 Å². The van der Waals surface area contributed by atoms with E-state index < -0.39 is 5.97 Å². The summed E-state index contributed by atoms with van der Waals surface area (Å²) in [6.07, 6.45) is 2.84. The van der Waals surface area contributed by atoms with E-state index in [0.717, 1.165) is 19.3 Å². The van der Waals surface area contributed by atoms with E-state index >= 15 is 0 Å². The van der Waals surface area contributed by atoms with Gasteiger partial charge in [-0.05, 0) is 25.3 Å². The van der Waals surface area contributed by atoms with Gasteiger partial charge in [0.25, 0.3) is 0 Å². The maximum atomic E-state index is 10.5. The first-order chi connectivity index (χ1) is 4.75. The van der Waals surface area contributed by atoms with Crippen LogP contribution in [-0.4, -0.2) is 17.6 Å². The highest BCUT2D eigenvalue weighted by atomic mass is 35.5. The second kappa shape index (κ2) is 4.57. The molecule has 1 aliphatic rings. The fourth-order valence-corrected chi connectivity index (χ4v) is 1.64. The highest BCUT2D eigenvalue weighted by molar-refractivity contribution is 5.85. The van der Waals surface area contributed by atoms with Crippen LogP contribution in [0.4, 0.5) is 0 Å². The lowest BCUT2D eigenvalue weighted by Crippen LogP contribution is -2.24. The molecule has 1 saturated carbocycles. The Kier molecular flexibility index (Phi) is 4.45. The number of hydrogen-bond acceptors (Lipinski definition) is 2. The molecule has 0 spiro atoms. The van der Waals surface area contributed by atoms with E-state index in [4.69, 9.17) is 10.8 Å². The second-order valence-corrected chi connectivity index (χ2v) is 2.87. The fourth-order valence-electron chi connectivity index (χ4n) is 1.64. The van der Waals surface area contributed by atoms with Crippen molar-refractivity contribution >= 4 is 18.4 Å². The molecule has 2 atom stereocenters. The van der Waals surface area contributed by atoms with Gasteiger partial charge >= 0.3 is 5.97 Å². The molecule has 1 aliphatic carbocycles. The highest BCUT2D eigenvalue weighted by Crippen LogP contribution is 2.30. The summed E-state index contributed by atoms with van der Waals surface area (Å²) in [5.41, 5.74) is 5.40. The van der Waals surface area contributed by atoms with E-state index in [1.54, 1.807) is 0 Å². The molecule has 0 amide bonds. The zero-order valence-electron chi connectivity index (χ0n) is 6.32. The fraction of sp³-hybridized carbons (Fsp3) is 0.857. The number of nitrogens with two attached hydrogens (primary N) is 1. The third-order valence-corrected chi connectivity index (χ3v) is 2.28. The molecule has 0 bridgehead atoms. The van der Waals surface area contributed by atoms with Gasteiger partial charge in [-0.1, -0.05) is 6.42 Å². The van der Waals surface area contributed by atoms with Gasteiger partial charge < -0.3 is 10.8 Å². The molecule has 0 heterocycles. The summed E-state index contributed by atoms with van der Waals surface area (Å²) in [7, 11) is 0. The second-order valence-electron chi connectivity index (χ2n) is 2.87. The van der Waals surface area contributed by atoms with Crippen LogP contribution >= 0.6 is 12.4 Å². The maximum Gasteiger partial charge on any atom is 0.306 e. The van der Waals surface area contributed by atoms with Gasteiger partial charge in [0.2, 0.25) is 0 Å². The monoisotopic (exact) mass is 179 g/mol. The molecule has 4 heteroatoms. The summed E-state index contributed by atoms with van der Waals surface area (Å²) >= 11 is 0. The van der Waals surface area contributed by atoms with Crippen LogP contribution in [0.5, 0.6) is 0 Å². The van der Waals surface area contributed by atoms with Crippen molar-refractivity contribution in [3.8, 4) is 0 Å². The van der Waals surface area contributed by atoms with Gasteiger partial charge in [0.05, 0.1) is 5.92 Å². The smallest absolute Gasteiger partial charge is 0.306 e. The van der Waals surface area contributed by atoms with Crippen LogP contribution in [-0.2, 0) is 4.79 Å². The van der Waals surface area contributed by atoms with Gasteiger partial charge in [0.1, 0.15) is 0 Å². The molecule has 1 fully saturated rings. The lowest BCUT2D eigenvalue weighted by atomic mass is 9.97. The normalized spacial score (nSPS) is 29.5. The molecule has 11 heavy (non-hydrogen) atoms. The van der Waals surface area contributed by atoms with Crippen molar-refractivity contribution in [1.82, 2.24) is 0 Å². The number of hydrogen-bond donors (Lipinski definition) is 2. The van der Waals surface area contributed by atoms with Crippen LogP contribution in [0.2, 0.25) is 0 Å². The first-order valence-electron chi connectivity index (χ1n) is 3.68. The Balaban J connectivity index is 0.000001000. The predicted molar refractivity (Wildman–Crippen MR) is 44.8 cm³/mol. The quantitative estimate of drug-likeness (QED) is 0.661. The van der Waals surface area contributed by atoms with Gasteiger partial charge in [-0.3, -0.25) is 4.79 Å². The minimum atomic E-state index is -0.673. The molecule has 0 saturated heterocycles. The van der Waals surface area contributed by atoms with Crippen molar-refractivity contribution in [3.05, 3.63) is 0 Å². The first-order valence-corrected chi connectivity index (χ1v) is 3.68. The first kappa shape index (κ1) is 10.7.